The zero-order chi connectivity index (χ0) is 13.2. The fourth-order valence-corrected chi connectivity index (χ4v) is 1.91. The second-order valence-corrected chi connectivity index (χ2v) is 4.22. The number of anilines is 2. The molecule has 94 valence electrons. The highest BCUT2D eigenvalue weighted by Crippen LogP contribution is 2.30. The number of nitrogens with two attached hydrogens (primary N) is 2. The zero-order valence-corrected chi connectivity index (χ0v) is 10.2. The van der Waals surface area contributed by atoms with E-state index in [4.69, 9.17) is 16.2 Å². The fourth-order valence-electron chi connectivity index (χ4n) is 1.91. The summed E-state index contributed by atoms with van der Waals surface area (Å²) in [5, 5.41) is 0.959. The summed E-state index contributed by atoms with van der Waals surface area (Å²) < 4.78 is 5.85. The molecule has 3 rings (SSSR count). The number of hydrogen-bond acceptors (Lipinski definition) is 4. The largest absolute Gasteiger partial charge is 0.457 e. The third-order valence-corrected chi connectivity index (χ3v) is 2.89. The molecule has 0 radical (unpaired) electrons. The Bertz CT molecular complexity index is 735. The molecule has 4 heteroatoms. The average molecular weight is 251 g/mol. The highest BCUT2D eigenvalue weighted by Gasteiger charge is 2.04. The van der Waals surface area contributed by atoms with Gasteiger partial charge in [0.15, 0.2) is 0 Å². The van der Waals surface area contributed by atoms with Crippen LogP contribution in [0.3, 0.4) is 0 Å². The molecule has 1 aromatic heterocycles. The molecule has 0 saturated heterocycles. The number of hydrogen-bond donors (Lipinski definition) is 2. The smallest absolute Gasteiger partial charge is 0.136 e. The van der Waals surface area contributed by atoms with Crippen molar-refractivity contribution in [1.82, 2.24) is 4.98 Å². The molecule has 3 aromatic rings. The highest BCUT2D eigenvalue weighted by molar-refractivity contribution is 5.85. The van der Waals surface area contributed by atoms with Gasteiger partial charge in [0, 0.05) is 17.6 Å². The van der Waals surface area contributed by atoms with Crippen molar-refractivity contribution in [3.63, 3.8) is 0 Å². The van der Waals surface area contributed by atoms with Crippen molar-refractivity contribution < 1.29 is 4.74 Å². The van der Waals surface area contributed by atoms with Crippen LogP contribution >= 0.6 is 0 Å². The van der Waals surface area contributed by atoms with Gasteiger partial charge in [0.05, 0.1) is 16.9 Å². The summed E-state index contributed by atoms with van der Waals surface area (Å²) in [6, 6.07) is 14.8. The molecular weight excluding hydrogens is 238 g/mol. The highest BCUT2D eigenvalue weighted by atomic mass is 16.5. The summed E-state index contributed by atoms with van der Waals surface area (Å²) in [4.78, 5) is 4.29. The molecule has 0 bridgehead atoms. The van der Waals surface area contributed by atoms with Gasteiger partial charge in [-0.3, -0.25) is 4.98 Å². The maximum Gasteiger partial charge on any atom is 0.136 e. The molecule has 0 fully saturated rings. The number of rotatable bonds is 2. The average Bonchev–Trinajstić information content (AvgIpc) is 2.43. The molecule has 0 aliphatic rings. The number of aromatic nitrogens is 1. The second kappa shape index (κ2) is 4.49. The van der Waals surface area contributed by atoms with Gasteiger partial charge in [-0.25, -0.2) is 0 Å². The molecule has 0 atom stereocenters. The minimum atomic E-state index is 0.510. The van der Waals surface area contributed by atoms with Crippen LogP contribution in [0.4, 0.5) is 11.4 Å². The predicted molar refractivity (Wildman–Crippen MR) is 77.1 cm³/mol. The van der Waals surface area contributed by atoms with Gasteiger partial charge in [-0.05, 0) is 36.4 Å². The van der Waals surface area contributed by atoms with E-state index >= 15 is 0 Å². The van der Waals surface area contributed by atoms with Crippen LogP contribution in [-0.4, -0.2) is 4.98 Å². The molecule has 0 saturated carbocycles. The van der Waals surface area contributed by atoms with Crippen molar-refractivity contribution in [3.8, 4) is 11.5 Å². The summed E-state index contributed by atoms with van der Waals surface area (Å²) in [7, 11) is 0. The summed E-state index contributed by atoms with van der Waals surface area (Å²) in [6.45, 7) is 0. The van der Waals surface area contributed by atoms with Gasteiger partial charge in [-0.2, -0.15) is 0 Å². The molecule has 0 unspecified atom stereocenters. The Morgan fingerprint density at radius 2 is 1.79 bits per heavy atom. The first-order chi connectivity index (χ1) is 9.24. The monoisotopic (exact) mass is 251 g/mol. The predicted octanol–water partition coefficient (Wildman–Crippen LogP) is 3.19. The maximum absolute atomic E-state index is 5.85. The van der Waals surface area contributed by atoms with E-state index in [-0.39, 0.29) is 0 Å². The molecule has 0 aliphatic carbocycles. The number of pyridine rings is 1. The summed E-state index contributed by atoms with van der Waals surface area (Å²) >= 11 is 0. The van der Waals surface area contributed by atoms with Crippen molar-refractivity contribution in [3.05, 3.63) is 54.7 Å². The van der Waals surface area contributed by atoms with E-state index in [9.17, 15) is 0 Å². The fraction of sp³-hybridized carbons (Fsp3) is 0. The molecule has 19 heavy (non-hydrogen) atoms. The molecule has 2 aromatic carbocycles. The number of nitrogen functional groups attached to an aromatic ring is 2. The minimum Gasteiger partial charge on any atom is -0.457 e. The normalized spacial score (nSPS) is 10.5. The van der Waals surface area contributed by atoms with Crippen LogP contribution in [0.1, 0.15) is 0 Å². The van der Waals surface area contributed by atoms with Crippen molar-refractivity contribution in [2.24, 2.45) is 0 Å². The Hall–Kier alpha value is -2.75. The van der Waals surface area contributed by atoms with Gasteiger partial charge >= 0.3 is 0 Å². The summed E-state index contributed by atoms with van der Waals surface area (Å²) in [5.41, 5.74) is 13.4. The second-order valence-electron chi connectivity index (χ2n) is 4.22. The van der Waals surface area contributed by atoms with Crippen molar-refractivity contribution >= 4 is 22.3 Å². The first-order valence-electron chi connectivity index (χ1n) is 5.90. The molecular formula is C15H13N3O. The third kappa shape index (κ3) is 2.15. The maximum atomic E-state index is 5.85. The van der Waals surface area contributed by atoms with Gasteiger partial charge in [0.2, 0.25) is 0 Å². The Labute approximate surface area is 110 Å². The Kier molecular flexibility index (Phi) is 2.68. The number of ether oxygens (including phenoxy) is 1. The lowest BCUT2D eigenvalue weighted by atomic mass is 10.2. The van der Waals surface area contributed by atoms with Crippen LogP contribution < -0.4 is 16.2 Å². The number of nitrogens with zero attached hydrogens (tertiary/aromatic N) is 1. The molecule has 4 N–H and O–H groups in total. The van der Waals surface area contributed by atoms with Crippen LogP contribution in [-0.2, 0) is 0 Å². The zero-order valence-electron chi connectivity index (χ0n) is 10.2. The van der Waals surface area contributed by atoms with E-state index in [0.717, 1.165) is 16.7 Å². The minimum absolute atomic E-state index is 0.510. The van der Waals surface area contributed by atoms with Crippen molar-refractivity contribution in [1.29, 1.82) is 0 Å². The van der Waals surface area contributed by atoms with E-state index < -0.39 is 0 Å². The van der Waals surface area contributed by atoms with E-state index in [1.807, 2.05) is 30.3 Å². The Morgan fingerprint density at radius 1 is 0.895 bits per heavy atom. The SMILES string of the molecule is Nc1ccc(Oc2cccc3ncccc23)cc1N. The van der Waals surface area contributed by atoms with Gasteiger partial charge in [-0.15, -0.1) is 0 Å². The molecule has 4 nitrogen and oxygen atoms in total. The van der Waals surface area contributed by atoms with Crippen LogP contribution in [0.5, 0.6) is 11.5 Å². The van der Waals surface area contributed by atoms with E-state index in [0.29, 0.717) is 17.1 Å². The van der Waals surface area contributed by atoms with Crippen LogP contribution in [0.15, 0.2) is 54.7 Å². The van der Waals surface area contributed by atoms with E-state index in [1.165, 1.54) is 0 Å². The van der Waals surface area contributed by atoms with E-state index in [2.05, 4.69) is 4.98 Å². The first-order valence-corrected chi connectivity index (χ1v) is 5.90. The lowest BCUT2D eigenvalue weighted by molar-refractivity contribution is 0.488. The van der Waals surface area contributed by atoms with Gasteiger partial charge in [0.25, 0.3) is 0 Å². The summed E-state index contributed by atoms with van der Waals surface area (Å²) in [6.07, 6.45) is 1.76. The topological polar surface area (TPSA) is 74.2 Å². The standard InChI is InChI=1S/C15H13N3O/c16-12-7-6-10(9-13(12)17)19-15-5-1-4-14-11(15)3-2-8-18-14/h1-9H,16-17H2. The molecule has 1 heterocycles. The molecule has 0 amide bonds. The van der Waals surface area contributed by atoms with Crippen LogP contribution in [0.25, 0.3) is 10.9 Å². The van der Waals surface area contributed by atoms with E-state index in [1.54, 1.807) is 24.4 Å². The quantitative estimate of drug-likeness (QED) is 0.686. The van der Waals surface area contributed by atoms with Gasteiger partial charge in [0.1, 0.15) is 11.5 Å². The van der Waals surface area contributed by atoms with Crippen LogP contribution in [0, 0.1) is 0 Å². The molecule has 0 spiro atoms. The van der Waals surface area contributed by atoms with Gasteiger partial charge in [-0.1, -0.05) is 6.07 Å². The van der Waals surface area contributed by atoms with Gasteiger partial charge < -0.3 is 16.2 Å². The number of fused-ring (bicyclic) bond motifs is 1. The lowest BCUT2D eigenvalue weighted by Crippen LogP contribution is -1.95. The summed E-state index contributed by atoms with van der Waals surface area (Å²) in [5.74, 6) is 1.40. The third-order valence-electron chi connectivity index (χ3n) is 2.89. The lowest BCUT2D eigenvalue weighted by Gasteiger charge is -2.09. The Balaban J connectivity index is 2.03. The number of benzene rings is 2. The Morgan fingerprint density at radius 3 is 2.63 bits per heavy atom. The van der Waals surface area contributed by atoms with Crippen molar-refractivity contribution in [2.45, 2.75) is 0 Å². The van der Waals surface area contributed by atoms with Crippen molar-refractivity contribution in [2.75, 3.05) is 11.5 Å². The molecule has 0 aliphatic heterocycles. The van der Waals surface area contributed by atoms with Crippen LogP contribution in [0.2, 0.25) is 0 Å². The first kappa shape index (κ1) is 11.3.